The Morgan fingerprint density at radius 1 is 0.720 bits per heavy atom. The number of H-pyrrole nitrogens is 1. The number of nitrogens with zero attached hydrogens (tertiary/aromatic N) is 1. The molecule has 25 heavy (non-hydrogen) atoms. The highest BCUT2D eigenvalue weighted by atomic mass is 14.9. The molecule has 2 aromatic rings. The molecule has 0 unspecified atom stereocenters. The van der Waals surface area contributed by atoms with Crippen LogP contribution in [-0.2, 0) is 12.8 Å². The quantitative estimate of drug-likeness (QED) is 0.357. The molecule has 0 spiro atoms. The number of benzene rings is 1. The summed E-state index contributed by atoms with van der Waals surface area (Å²) in [6.45, 7) is 4.54. The molecular formula is C23H38N2. The topological polar surface area (TPSA) is 28.7 Å². The molecule has 2 heteroatoms. The molecule has 0 saturated heterocycles. The van der Waals surface area contributed by atoms with Crippen molar-refractivity contribution >= 4 is 11.0 Å². The molecule has 2 nitrogen and oxygen atoms in total. The van der Waals surface area contributed by atoms with Crippen LogP contribution in [0.3, 0.4) is 0 Å². The Morgan fingerprint density at radius 2 is 1.32 bits per heavy atom. The summed E-state index contributed by atoms with van der Waals surface area (Å²) < 4.78 is 0. The smallest absolute Gasteiger partial charge is 0.107 e. The van der Waals surface area contributed by atoms with Gasteiger partial charge in [-0.2, -0.15) is 0 Å². The fraction of sp³-hybridized carbons (Fsp3) is 0.696. The van der Waals surface area contributed by atoms with Gasteiger partial charge >= 0.3 is 0 Å². The Labute approximate surface area is 154 Å². The number of fused-ring (bicyclic) bond motifs is 1. The van der Waals surface area contributed by atoms with Crippen molar-refractivity contribution in [2.75, 3.05) is 0 Å². The Kier molecular flexibility index (Phi) is 9.69. The van der Waals surface area contributed by atoms with E-state index in [1.807, 2.05) is 0 Å². The van der Waals surface area contributed by atoms with Crippen molar-refractivity contribution in [2.24, 2.45) is 0 Å². The maximum Gasteiger partial charge on any atom is 0.107 e. The van der Waals surface area contributed by atoms with Crippen LogP contribution in [0.1, 0.15) is 102 Å². The minimum atomic E-state index is 1.08. The van der Waals surface area contributed by atoms with Gasteiger partial charge in [-0.25, -0.2) is 4.98 Å². The first-order valence-corrected chi connectivity index (χ1v) is 10.8. The van der Waals surface area contributed by atoms with E-state index in [9.17, 15) is 0 Å². The number of hydrogen-bond donors (Lipinski definition) is 1. The summed E-state index contributed by atoms with van der Waals surface area (Å²) in [7, 11) is 0. The minimum Gasteiger partial charge on any atom is -0.342 e. The lowest BCUT2D eigenvalue weighted by molar-refractivity contribution is 0.565. The van der Waals surface area contributed by atoms with E-state index >= 15 is 0 Å². The third-order valence-corrected chi connectivity index (χ3v) is 5.22. The zero-order valence-corrected chi connectivity index (χ0v) is 16.6. The molecule has 2 rings (SSSR count). The summed E-state index contributed by atoms with van der Waals surface area (Å²) in [5, 5.41) is 0. The molecule has 1 heterocycles. The van der Waals surface area contributed by atoms with Crippen molar-refractivity contribution < 1.29 is 0 Å². The van der Waals surface area contributed by atoms with Gasteiger partial charge in [0.15, 0.2) is 0 Å². The molecule has 0 atom stereocenters. The van der Waals surface area contributed by atoms with Crippen LogP contribution in [0, 0.1) is 0 Å². The number of unbranched alkanes of at least 4 members (excludes halogenated alkanes) is 10. The molecule has 0 radical (unpaired) electrons. The Balaban J connectivity index is 1.71. The summed E-state index contributed by atoms with van der Waals surface area (Å²) in [6.07, 6.45) is 18.6. The summed E-state index contributed by atoms with van der Waals surface area (Å²) in [5.74, 6) is 1.17. The molecule has 0 amide bonds. The highest BCUT2D eigenvalue weighted by Crippen LogP contribution is 2.20. The average Bonchev–Trinajstić information content (AvgIpc) is 3.04. The van der Waals surface area contributed by atoms with E-state index in [0.717, 1.165) is 11.9 Å². The van der Waals surface area contributed by atoms with Crippen molar-refractivity contribution in [3.8, 4) is 0 Å². The molecule has 0 saturated carbocycles. The van der Waals surface area contributed by atoms with Crippen LogP contribution < -0.4 is 0 Å². The van der Waals surface area contributed by atoms with Crippen molar-refractivity contribution in [3.63, 3.8) is 0 Å². The summed E-state index contributed by atoms with van der Waals surface area (Å²) in [4.78, 5) is 8.38. The van der Waals surface area contributed by atoms with Gasteiger partial charge in [0.05, 0.1) is 11.0 Å². The second-order valence-electron chi connectivity index (χ2n) is 7.53. The van der Waals surface area contributed by atoms with Crippen LogP contribution in [0.15, 0.2) is 18.2 Å². The van der Waals surface area contributed by atoms with Gasteiger partial charge in [0, 0.05) is 6.42 Å². The summed E-state index contributed by atoms with van der Waals surface area (Å²) >= 11 is 0. The average molecular weight is 343 g/mol. The van der Waals surface area contributed by atoms with Crippen LogP contribution in [-0.4, -0.2) is 9.97 Å². The van der Waals surface area contributed by atoms with Gasteiger partial charge in [-0.3, -0.25) is 0 Å². The molecule has 1 N–H and O–H groups in total. The van der Waals surface area contributed by atoms with E-state index in [1.54, 1.807) is 0 Å². The molecule has 1 aromatic carbocycles. The van der Waals surface area contributed by atoms with Crippen molar-refractivity contribution in [1.29, 1.82) is 0 Å². The zero-order chi connectivity index (χ0) is 17.7. The van der Waals surface area contributed by atoms with Crippen molar-refractivity contribution in [1.82, 2.24) is 9.97 Å². The highest BCUT2D eigenvalue weighted by molar-refractivity contribution is 5.78. The number of para-hydroxylation sites is 1. The predicted molar refractivity (Wildman–Crippen MR) is 110 cm³/mol. The van der Waals surface area contributed by atoms with Gasteiger partial charge in [0.1, 0.15) is 5.82 Å². The molecular weight excluding hydrogens is 304 g/mol. The lowest BCUT2D eigenvalue weighted by atomic mass is 10.0. The second-order valence-corrected chi connectivity index (χ2v) is 7.53. The lowest BCUT2D eigenvalue weighted by Gasteiger charge is -2.04. The highest BCUT2D eigenvalue weighted by Gasteiger charge is 2.07. The molecule has 0 aliphatic heterocycles. The molecule has 0 fully saturated rings. The fourth-order valence-corrected chi connectivity index (χ4v) is 3.64. The Bertz CT molecular complexity index is 585. The van der Waals surface area contributed by atoms with Crippen LogP contribution in [0.4, 0.5) is 0 Å². The number of aromatic nitrogens is 2. The van der Waals surface area contributed by atoms with E-state index in [-0.39, 0.29) is 0 Å². The maximum atomic E-state index is 4.78. The van der Waals surface area contributed by atoms with Crippen molar-refractivity contribution in [3.05, 3.63) is 29.6 Å². The molecule has 0 aliphatic carbocycles. The van der Waals surface area contributed by atoms with E-state index in [2.05, 4.69) is 37.0 Å². The SMILES string of the molecule is CCCCCCCCCCCc1cccc2nc(CCCCC)[nH]c12. The van der Waals surface area contributed by atoms with Gasteiger partial charge in [0.2, 0.25) is 0 Å². The normalized spacial score (nSPS) is 11.4. The third kappa shape index (κ3) is 7.22. The molecule has 0 aliphatic rings. The Hall–Kier alpha value is -1.31. The monoisotopic (exact) mass is 342 g/mol. The Morgan fingerprint density at radius 3 is 2.04 bits per heavy atom. The fourth-order valence-electron chi connectivity index (χ4n) is 3.64. The predicted octanol–water partition coefficient (Wildman–Crippen LogP) is 7.37. The first-order chi connectivity index (χ1) is 12.3. The van der Waals surface area contributed by atoms with E-state index in [0.29, 0.717) is 0 Å². The van der Waals surface area contributed by atoms with Crippen LogP contribution in [0.25, 0.3) is 11.0 Å². The summed E-state index contributed by atoms with van der Waals surface area (Å²) in [5.41, 5.74) is 3.89. The van der Waals surface area contributed by atoms with Crippen molar-refractivity contribution in [2.45, 2.75) is 104 Å². The number of nitrogens with one attached hydrogen (secondary N) is 1. The third-order valence-electron chi connectivity index (χ3n) is 5.22. The second kappa shape index (κ2) is 12.1. The minimum absolute atomic E-state index is 1.08. The standard InChI is InChI=1S/C23H38N2/c1-3-5-7-8-9-10-11-12-14-16-20-17-15-18-21-23(20)25-22(24-21)19-13-6-4-2/h15,17-18H,3-14,16,19H2,1-2H3,(H,24,25). The molecule has 140 valence electrons. The maximum absolute atomic E-state index is 4.78. The molecule has 0 bridgehead atoms. The van der Waals surface area contributed by atoms with Gasteiger partial charge in [-0.05, 0) is 30.9 Å². The number of hydrogen-bond acceptors (Lipinski definition) is 1. The summed E-state index contributed by atoms with van der Waals surface area (Å²) in [6, 6.07) is 6.60. The largest absolute Gasteiger partial charge is 0.342 e. The van der Waals surface area contributed by atoms with Gasteiger partial charge in [0.25, 0.3) is 0 Å². The van der Waals surface area contributed by atoms with Crippen LogP contribution >= 0.6 is 0 Å². The van der Waals surface area contributed by atoms with Crippen LogP contribution in [0.2, 0.25) is 0 Å². The lowest BCUT2D eigenvalue weighted by Crippen LogP contribution is -1.89. The zero-order valence-electron chi connectivity index (χ0n) is 16.6. The van der Waals surface area contributed by atoms with Gasteiger partial charge in [-0.1, -0.05) is 90.2 Å². The van der Waals surface area contributed by atoms with Gasteiger partial charge in [-0.15, -0.1) is 0 Å². The van der Waals surface area contributed by atoms with E-state index in [1.165, 1.54) is 100 Å². The number of rotatable bonds is 14. The first-order valence-electron chi connectivity index (χ1n) is 10.8. The first kappa shape index (κ1) is 20.0. The number of imidazole rings is 1. The van der Waals surface area contributed by atoms with Crippen LogP contribution in [0.5, 0.6) is 0 Å². The van der Waals surface area contributed by atoms with Gasteiger partial charge < -0.3 is 4.98 Å². The van der Waals surface area contributed by atoms with E-state index in [4.69, 9.17) is 4.98 Å². The van der Waals surface area contributed by atoms with E-state index < -0.39 is 0 Å². The number of aromatic amines is 1. The number of aryl methyl sites for hydroxylation is 2. The molecule has 1 aromatic heterocycles.